The largest absolute Gasteiger partial charge is 0.507 e. The zero-order chi connectivity index (χ0) is 11.8. The summed E-state index contributed by atoms with van der Waals surface area (Å²) in [5, 5.41) is 17.3. The molecule has 0 bridgehead atoms. The van der Waals surface area contributed by atoms with Crippen molar-refractivity contribution >= 4 is 5.97 Å². The molecule has 0 radical (unpaired) electrons. The van der Waals surface area contributed by atoms with Gasteiger partial charge in [-0.2, -0.15) is 0 Å². The molecule has 2 aromatic rings. The van der Waals surface area contributed by atoms with E-state index in [2.05, 4.69) is 0 Å². The average Bonchev–Trinajstić information content (AvgIpc) is 2.32. The highest BCUT2D eigenvalue weighted by Gasteiger charge is 2.05. The van der Waals surface area contributed by atoms with Crippen LogP contribution >= 0.6 is 0 Å². The van der Waals surface area contributed by atoms with Crippen LogP contribution in [-0.2, 0) is 0 Å². The fraction of sp³-hybridized carbons (Fsp3) is 0. The van der Waals surface area contributed by atoms with E-state index in [9.17, 15) is 4.79 Å². The number of benzene rings is 2. The van der Waals surface area contributed by atoms with Crippen LogP contribution < -0.4 is 0 Å². The molecule has 0 unspecified atom stereocenters. The Balaban J connectivity index is 0.000000181. The van der Waals surface area contributed by atoms with Crippen molar-refractivity contribution in [1.82, 2.24) is 0 Å². The van der Waals surface area contributed by atoms with E-state index in [1.54, 1.807) is 12.1 Å². The third kappa shape index (κ3) is 3.84. The van der Waals surface area contributed by atoms with Gasteiger partial charge in [-0.3, -0.25) is 0 Å². The first kappa shape index (κ1) is 11.8. The van der Waals surface area contributed by atoms with E-state index in [1.165, 1.54) is 12.1 Å². The molecular weight excluding hydrogens is 204 g/mol. The molecular formula is C13H12O3. The number of rotatable bonds is 1. The molecule has 0 heterocycles. The van der Waals surface area contributed by atoms with Crippen LogP contribution in [0, 0.1) is 0 Å². The van der Waals surface area contributed by atoms with Crippen molar-refractivity contribution in [3.8, 4) is 5.75 Å². The molecule has 0 aliphatic carbocycles. The number of carboxylic acids is 1. The number of aromatic carboxylic acids is 1. The second-order valence-electron chi connectivity index (χ2n) is 2.98. The van der Waals surface area contributed by atoms with Gasteiger partial charge in [-0.1, -0.05) is 48.5 Å². The first-order chi connectivity index (χ1) is 7.72. The van der Waals surface area contributed by atoms with Gasteiger partial charge in [0.25, 0.3) is 0 Å². The third-order valence-electron chi connectivity index (χ3n) is 1.80. The normalized spacial score (nSPS) is 8.75. The zero-order valence-electron chi connectivity index (χ0n) is 8.58. The van der Waals surface area contributed by atoms with Gasteiger partial charge in [0.15, 0.2) is 0 Å². The molecule has 0 saturated heterocycles. The fourth-order valence-corrected chi connectivity index (χ4v) is 1.04. The van der Waals surface area contributed by atoms with E-state index >= 15 is 0 Å². The molecule has 0 aliphatic rings. The molecule has 82 valence electrons. The molecule has 2 rings (SSSR count). The van der Waals surface area contributed by atoms with Crippen LogP contribution in [-0.4, -0.2) is 16.2 Å². The zero-order valence-corrected chi connectivity index (χ0v) is 8.58. The Bertz CT molecular complexity index is 411. The van der Waals surface area contributed by atoms with Crippen molar-refractivity contribution in [2.45, 2.75) is 0 Å². The first-order valence-electron chi connectivity index (χ1n) is 4.73. The van der Waals surface area contributed by atoms with E-state index in [0.717, 1.165) is 0 Å². The predicted octanol–water partition coefficient (Wildman–Crippen LogP) is 2.78. The molecule has 0 fully saturated rings. The average molecular weight is 216 g/mol. The van der Waals surface area contributed by atoms with E-state index in [0.29, 0.717) is 0 Å². The maximum absolute atomic E-state index is 10.3. The second kappa shape index (κ2) is 6.24. The molecule has 2 aromatic carbocycles. The minimum Gasteiger partial charge on any atom is -0.507 e. The summed E-state index contributed by atoms with van der Waals surface area (Å²) in [5.41, 5.74) is -0.0671. The molecule has 0 aliphatic heterocycles. The Morgan fingerprint density at radius 3 is 1.56 bits per heavy atom. The number of aromatic hydroxyl groups is 1. The van der Waals surface area contributed by atoms with Crippen molar-refractivity contribution in [3.63, 3.8) is 0 Å². The fourth-order valence-electron chi connectivity index (χ4n) is 1.04. The Kier molecular flexibility index (Phi) is 4.60. The third-order valence-corrected chi connectivity index (χ3v) is 1.80. The van der Waals surface area contributed by atoms with Gasteiger partial charge in [-0.15, -0.1) is 0 Å². The lowest BCUT2D eigenvalue weighted by Crippen LogP contribution is -1.95. The molecule has 16 heavy (non-hydrogen) atoms. The number of para-hydroxylation sites is 1. The topological polar surface area (TPSA) is 57.5 Å². The van der Waals surface area contributed by atoms with Crippen LogP contribution in [0.4, 0.5) is 0 Å². The summed E-state index contributed by atoms with van der Waals surface area (Å²) in [6, 6.07) is 17.8. The van der Waals surface area contributed by atoms with Crippen LogP contribution in [0.3, 0.4) is 0 Å². The summed E-state index contributed by atoms with van der Waals surface area (Å²) in [5.74, 6) is -1.31. The van der Waals surface area contributed by atoms with Gasteiger partial charge in [0, 0.05) is 0 Å². The highest BCUT2D eigenvalue weighted by molar-refractivity contribution is 5.90. The summed E-state index contributed by atoms with van der Waals surface area (Å²) in [4.78, 5) is 10.3. The summed E-state index contributed by atoms with van der Waals surface area (Å²) in [6.45, 7) is 0. The van der Waals surface area contributed by atoms with E-state index in [-0.39, 0.29) is 11.3 Å². The number of phenols is 1. The van der Waals surface area contributed by atoms with Gasteiger partial charge in [-0.25, -0.2) is 4.79 Å². The molecule has 3 heteroatoms. The minimum absolute atomic E-state index is 0.0671. The van der Waals surface area contributed by atoms with E-state index in [1.807, 2.05) is 36.4 Å². The van der Waals surface area contributed by atoms with Crippen LogP contribution in [0.25, 0.3) is 0 Å². The monoisotopic (exact) mass is 216 g/mol. The highest BCUT2D eigenvalue weighted by atomic mass is 16.4. The number of hydrogen-bond donors (Lipinski definition) is 2. The van der Waals surface area contributed by atoms with E-state index in [4.69, 9.17) is 10.2 Å². The molecule has 3 nitrogen and oxygen atoms in total. The van der Waals surface area contributed by atoms with Gasteiger partial charge in [0.05, 0.1) is 0 Å². The summed E-state index contributed by atoms with van der Waals surface area (Å²) < 4.78 is 0. The standard InChI is InChI=1S/C7H6O3.C6H6/c8-6-4-2-1-3-5(6)7(9)10;1-2-4-6-5-3-1/h1-4,8H,(H,9,10);1-6H. The van der Waals surface area contributed by atoms with Crippen molar-refractivity contribution in [2.75, 3.05) is 0 Å². The van der Waals surface area contributed by atoms with Gasteiger partial charge in [0.1, 0.15) is 11.3 Å². The molecule has 2 N–H and O–H groups in total. The lowest BCUT2D eigenvalue weighted by Gasteiger charge is -1.95. The lowest BCUT2D eigenvalue weighted by atomic mass is 10.2. The van der Waals surface area contributed by atoms with Crippen molar-refractivity contribution in [3.05, 3.63) is 66.2 Å². The summed E-state index contributed by atoms with van der Waals surface area (Å²) in [7, 11) is 0. The minimum atomic E-state index is -1.11. The van der Waals surface area contributed by atoms with Gasteiger partial charge in [-0.05, 0) is 12.1 Å². The predicted molar refractivity (Wildman–Crippen MR) is 61.5 cm³/mol. The van der Waals surface area contributed by atoms with Gasteiger partial charge >= 0.3 is 5.97 Å². The van der Waals surface area contributed by atoms with Crippen molar-refractivity contribution in [1.29, 1.82) is 0 Å². The molecule has 0 amide bonds. The van der Waals surface area contributed by atoms with Crippen molar-refractivity contribution < 1.29 is 15.0 Å². The summed E-state index contributed by atoms with van der Waals surface area (Å²) in [6.07, 6.45) is 0. The number of carbonyl (C=O) groups is 1. The quantitative estimate of drug-likeness (QED) is 0.770. The lowest BCUT2D eigenvalue weighted by molar-refractivity contribution is 0.0694. The summed E-state index contributed by atoms with van der Waals surface area (Å²) >= 11 is 0. The molecule has 0 spiro atoms. The maximum Gasteiger partial charge on any atom is 0.339 e. The molecule has 0 aromatic heterocycles. The first-order valence-corrected chi connectivity index (χ1v) is 4.73. The second-order valence-corrected chi connectivity index (χ2v) is 2.98. The van der Waals surface area contributed by atoms with Crippen LogP contribution in [0.2, 0.25) is 0 Å². The maximum atomic E-state index is 10.3. The van der Waals surface area contributed by atoms with E-state index < -0.39 is 5.97 Å². The Morgan fingerprint density at radius 2 is 1.25 bits per heavy atom. The smallest absolute Gasteiger partial charge is 0.339 e. The number of carboxylic acid groups (broad SMARTS) is 1. The number of hydrogen-bond acceptors (Lipinski definition) is 2. The molecule has 0 saturated carbocycles. The highest BCUT2D eigenvalue weighted by Crippen LogP contribution is 2.14. The van der Waals surface area contributed by atoms with Crippen LogP contribution in [0.1, 0.15) is 10.4 Å². The van der Waals surface area contributed by atoms with Gasteiger partial charge < -0.3 is 10.2 Å². The van der Waals surface area contributed by atoms with Gasteiger partial charge in [0.2, 0.25) is 0 Å². The Morgan fingerprint density at radius 1 is 0.812 bits per heavy atom. The van der Waals surface area contributed by atoms with Crippen LogP contribution in [0.15, 0.2) is 60.7 Å². The Labute approximate surface area is 93.6 Å². The van der Waals surface area contributed by atoms with Crippen LogP contribution in [0.5, 0.6) is 5.75 Å². The Hall–Kier alpha value is -2.29. The SMILES string of the molecule is O=C(O)c1ccccc1O.c1ccccc1. The molecule has 0 atom stereocenters. The van der Waals surface area contributed by atoms with Crippen molar-refractivity contribution in [2.24, 2.45) is 0 Å².